The molecule has 0 bridgehead atoms. The zero-order chi connectivity index (χ0) is 20.9. The van der Waals surface area contributed by atoms with E-state index in [1.54, 1.807) is 0 Å². The van der Waals surface area contributed by atoms with Gasteiger partial charge in [0.05, 0.1) is 12.2 Å². The molecule has 1 aromatic carbocycles. The van der Waals surface area contributed by atoms with Gasteiger partial charge in [-0.2, -0.15) is 11.8 Å². The van der Waals surface area contributed by atoms with Gasteiger partial charge >= 0.3 is 0 Å². The smallest absolute Gasteiger partial charge is 0.176 e. The van der Waals surface area contributed by atoms with Crippen molar-refractivity contribution in [3.05, 3.63) is 57.6 Å². The number of halogens is 1. The first kappa shape index (κ1) is 22.0. The zero-order valence-corrected chi connectivity index (χ0v) is 19.6. The van der Waals surface area contributed by atoms with Crippen LogP contribution in [0.15, 0.2) is 39.3 Å². The molecule has 0 aliphatic rings. The lowest BCUT2D eigenvalue weighted by molar-refractivity contribution is 0.344. The molecule has 0 radical (unpaired) electrons. The van der Waals surface area contributed by atoms with Crippen molar-refractivity contribution < 1.29 is 4.52 Å². The fourth-order valence-corrected chi connectivity index (χ4v) is 4.13. The lowest BCUT2D eigenvalue weighted by atomic mass is 10.1. The molecule has 0 fully saturated rings. The van der Waals surface area contributed by atoms with E-state index in [9.17, 15) is 0 Å². The molecule has 0 spiro atoms. The van der Waals surface area contributed by atoms with Gasteiger partial charge in [-0.05, 0) is 34.5 Å². The fourth-order valence-electron chi connectivity index (χ4n) is 2.85. The Morgan fingerprint density at radius 3 is 2.79 bits per heavy atom. The summed E-state index contributed by atoms with van der Waals surface area (Å²) in [5.74, 6) is 2.42. The topological polar surface area (TPSA) is 81.7 Å². The summed E-state index contributed by atoms with van der Waals surface area (Å²) in [6.45, 7) is 10.1. The van der Waals surface area contributed by atoms with Crippen molar-refractivity contribution in [3.8, 4) is 0 Å². The van der Waals surface area contributed by atoms with Crippen LogP contribution in [0.2, 0.25) is 0 Å². The van der Waals surface area contributed by atoms with Crippen LogP contribution in [0.4, 0.5) is 0 Å². The van der Waals surface area contributed by atoms with E-state index in [0.29, 0.717) is 12.4 Å². The molecule has 1 N–H and O–H groups in total. The highest BCUT2D eigenvalue weighted by Crippen LogP contribution is 2.25. The molecular weight excluding hydrogens is 452 g/mol. The Morgan fingerprint density at radius 1 is 1.28 bits per heavy atom. The van der Waals surface area contributed by atoms with E-state index >= 15 is 0 Å². The van der Waals surface area contributed by atoms with E-state index in [0.717, 1.165) is 40.2 Å². The number of rotatable bonds is 9. The number of benzene rings is 1. The Bertz CT molecular complexity index is 920. The normalized spacial score (nSPS) is 13.0. The van der Waals surface area contributed by atoms with E-state index in [4.69, 9.17) is 4.52 Å². The Balaban J connectivity index is 1.81. The van der Waals surface area contributed by atoms with Crippen molar-refractivity contribution in [2.45, 2.75) is 51.4 Å². The van der Waals surface area contributed by atoms with E-state index < -0.39 is 0 Å². The van der Waals surface area contributed by atoms with Crippen LogP contribution < -0.4 is 5.32 Å². The molecule has 0 saturated carbocycles. The average Bonchev–Trinajstić information content (AvgIpc) is 3.31. The first-order valence-corrected chi connectivity index (χ1v) is 11.5. The molecule has 156 valence electrons. The van der Waals surface area contributed by atoms with E-state index in [-0.39, 0.29) is 10.8 Å². The maximum atomic E-state index is 5.63. The third kappa shape index (κ3) is 6.38. The van der Waals surface area contributed by atoms with Crippen molar-refractivity contribution in [2.75, 3.05) is 12.3 Å². The van der Waals surface area contributed by atoms with Crippen LogP contribution in [0.3, 0.4) is 0 Å². The highest BCUT2D eigenvalue weighted by Gasteiger charge is 2.25. The minimum atomic E-state index is -0.259. The molecule has 0 aliphatic carbocycles. The van der Waals surface area contributed by atoms with Crippen LogP contribution in [0, 0.1) is 0 Å². The van der Waals surface area contributed by atoms with Crippen LogP contribution in [-0.2, 0) is 13.0 Å². The van der Waals surface area contributed by atoms with Gasteiger partial charge in [0.1, 0.15) is 6.04 Å². The summed E-state index contributed by atoms with van der Waals surface area (Å²) >= 11 is 5.43. The van der Waals surface area contributed by atoms with Gasteiger partial charge < -0.3 is 9.84 Å². The number of aryl methyl sites for hydroxylation is 1. The third-order valence-corrected chi connectivity index (χ3v) is 6.02. The van der Waals surface area contributed by atoms with Crippen LogP contribution in [-0.4, -0.2) is 42.4 Å². The summed E-state index contributed by atoms with van der Waals surface area (Å²) < 4.78 is 8.69. The van der Waals surface area contributed by atoms with Gasteiger partial charge in [-0.3, -0.25) is 0 Å². The molecular formula is C20H27BrN6OS. The van der Waals surface area contributed by atoms with Crippen LogP contribution in [0.1, 0.15) is 56.6 Å². The average molecular weight is 479 g/mol. The third-order valence-electron chi connectivity index (χ3n) is 4.25. The van der Waals surface area contributed by atoms with Gasteiger partial charge in [-0.15, -0.1) is 5.10 Å². The zero-order valence-electron chi connectivity index (χ0n) is 17.2. The fraction of sp³-hybridized carbons (Fsp3) is 0.500. The van der Waals surface area contributed by atoms with E-state index in [1.165, 1.54) is 0 Å². The minimum Gasteiger partial charge on any atom is -0.359 e. The lowest BCUT2D eigenvalue weighted by Gasteiger charge is -2.19. The maximum absolute atomic E-state index is 5.63. The molecule has 2 aromatic heterocycles. The molecule has 2 heterocycles. The number of tetrazole rings is 1. The Kier molecular flexibility index (Phi) is 7.48. The summed E-state index contributed by atoms with van der Waals surface area (Å²) in [5.41, 5.74) is 2.03. The van der Waals surface area contributed by atoms with Gasteiger partial charge in [0.2, 0.25) is 0 Å². The highest BCUT2D eigenvalue weighted by atomic mass is 79.9. The molecule has 0 aliphatic heterocycles. The summed E-state index contributed by atoms with van der Waals surface area (Å²) in [6.07, 6.45) is 0.819. The van der Waals surface area contributed by atoms with Crippen LogP contribution >= 0.6 is 27.7 Å². The number of nitrogens with zero attached hydrogens (tertiary/aromatic N) is 5. The molecule has 3 rings (SSSR count). The Hall–Kier alpha value is -1.71. The number of hydrogen-bond acceptors (Lipinski definition) is 7. The van der Waals surface area contributed by atoms with Crippen molar-refractivity contribution in [3.63, 3.8) is 0 Å². The molecule has 1 unspecified atom stereocenters. The standard InChI is InChI=1S/C20H27BrN6OS/c1-5-16-12-17(28-24-16)18(22-9-10-29-20(2,3)4)19-23-25-26-27(19)13-14-7-6-8-15(21)11-14/h6-8,11-12,18,22H,5,9-10,13H2,1-4H3. The second kappa shape index (κ2) is 9.86. The van der Waals surface area contributed by atoms with Gasteiger partial charge in [0.15, 0.2) is 11.6 Å². The monoisotopic (exact) mass is 478 g/mol. The number of nitrogens with one attached hydrogen (secondary N) is 1. The highest BCUT2D eigenvalue weighted by molar-refractivity contribution is 9.10. The van der Waals surface area contributed by atoms with Crippen molar-refractivity contribution in [2.24, 2.45) is 0 Å². The van der Waals surface area contributed by atoms with Crippen molar-refractivity contribution in [1.29, 1.82) is 0 Å². The number of thioether (sulfide) groups is 1. The predicted octanol–water partition coefficient (Wildman–Crippen LogP) is 4.25. The first-order chi connectivity index (χ1) is 13.9. The van der Waals surface area contributed by atoms with Crippen LogP contribution in [0.5, 0.6) is 0 Å². The van der Waals surface area contributed by atoms with Gasteiger partial charge in [-0.25, -0.2) is 4.68 Å². The lowest BCUT2D eigenvalue weighted by Crippen LogP contribution is -2.28. The summed E-state index contributed by atoms with van der Waals surface area (Å²) in [7, 11) is 0. The predicted molar refractivity (Wildman–Crippen MR) is 119 cm³/mol. The molecule has 0 amide bonds. The SMILES string of the molecule is CCc1cc(C(NCCSC(C)(C)C)c2nnnn2Cc2cccc(Br)c2)on1. The quantitative estimate of drug-likeness (QED) is 0.460. The maximum Gasteiger partial charge on any atom is 0.176 e. The molecule has 29 heavy (non-hydrogen) atoms. The van der Waals surface area contributed by atoms with E-state index in [2.05, 4.69) is 81.8 Å². The Labute approximate surface area is 184 Å². The summed E-state index contributed by atoms with van der Waals surface area (Å²) in [6, 6.07) is 9.85. The van der Waals surface area contributed by atoms with Gasteiger partial charge in [0.25, 0.3) is 0 Å². The van der Waals surface area contributed by atoms with Gasteiger partial charge in [0, 0.05) is 27.6 Å². The summed E-state index contributed by atoms with van der Waals surface area (Å²) in [5, 5.41) is 20.2. The van der Waals surface area contributed by atoms with E-state index in [1.807, 2.05) is 34.6 Å². The van der Waals surface area contributed by atoms with Crippen molar-refractivity contribution >= 4 is 27.7 Å². The van der Waals surface area contributed by atoms with Crippen molar-refractivity contribution in [1.82, 2.24) is 30.7 Å². The first-order valence-electron chi connectivity index (χ1n) is 9.69. The van der Waals surface area contributed by atoms with Crippen LogP contribution in [0.25, 0.3) is 0 Å². The molecule has 7 nitrogen and oxygen atoms in total. The number of hydrogen-bond donors (Lipinski definition) is 1. The summed E-state index contributed by atoms with van der Waals surface area (Å²) in [4.78, 5) is 0. The number of aromatic nitrogens is 5. The molecule has 9 heteroatoms. The molecule has 0 saturated heterocycles. The molecule has 1 atom stereocenters. The largest absolute Gasteiger partial charge is 0.359 e. The Morgan fingerprint density at radius 2 is 2.10 bits per heavy atom. The molecule has 3 aromatic rings. The minimum absolute atomic E-state index is 0.223. The van der Waals surface area contributed by atoms with Gasteiger partial charge in [-0.1, -0.05) is 60.9 Å². The second-order valence-electron chi connectivity index (χ2n) is 7.75. The second-order valence-corrected chi connectivity index (χ2v) is 10.6.